The maximum atomic E-state index is 6.27. The maximum absolute atomic E-state index is 6.27. The Morgan fingerprint density at radius 1 is 1.35 bits per heavy atom. The molecule has 2 heterocycles. The van der Waals surface area contributed by atoms with Crippen LogP contribution in [0.15, 0.2) is 24.3 Å². The van der Waals surface area contributed by atoms with Crippen LogP contribution in [0.1, 0.15) is 24.4 Å². The lowest BCUT2D eigenvalue weighted by atomic mass is 9.86. The van der Waals surface area contributed by atoms with Gasteiger partial charge in [-0.25, -0.2) is 0 Å². The Kier molecular flexibility index (Phi) is 2.60. The third-order valence-corrected chi connectivity index (χ3v) is 4.00. The van der Waals surface area contributed by atoms with Crippen LogP contribution in [0.3, 0.4) is 0 Å². The fourth-order valence-corrected chi connectivity index (χ4v) is 3.03. The maximum Gasteiger partial charge on any atom is 0.125 e. The third-order valence-electron chi connectivity index (χ3n) is 4.00. The molecular formula is C14H20N2O. The first-order valence-corrected chi connectivity index (χ1v) is 6.35. The summed E-state index contributed by atoms with van der Waals surface area (Å²) in [4.78, 5) is 2.31. The van der Waals surface area contributed by atoms with E-state index in [1.165, 1.54) is 5.56 Å². The lowest BCUT2D eigenvalue weighted by Crippen LogP contribution is -2.45. The van der Waals surface area contributed by atoms with Crippen molar-refractivity contribution in [2.45, 2.75) is 24.5 Å². The van der Waals surface area contributed by atoms with E-state index in [-0.39, 0.29) is 5.60 Å². The molecule has 1 spiro atoms. The number of fused-ring (bicyclic) bond motifs is 1. The molecule has 2 atom stereocenters. The standard InChI is InChI=1S/C14H20N2O/c1-16(2)12-9-14(7-8-15-10-14)17-13-6-4-3-5-11(12)13/h3-6,12,15H,7-10H2,1-2H3. The molecule has 3 rings (SSSR count). The molecule has 1 aromatic rings. The summed E-state index contributed by atoms with van der Waals surface area (Å²) in [7, 11) is 4.31. The van der Waals surface area contributed by atoms with Crippen molar-refractivity contribution in [1.29, 1.82) is 0 Å². The van der Waals surface area contributed by atoms with Crippen LogP contribution in [0.25, 0.3) is 0 Å². The van der Waals surface area contributed by atoms with Crippen LogP contribution >= 0.6 is 0 Å². The predicted molar refractivity (Wildman–Crippen MR) is 68.3 cm³/mol. The molecule has 0 bridgehead atoms. The Morgan fingerprint density at radius 3 is 2.88 bits per heavy atom. The Bertz CT molecular complexity index is 410. The molecule has 92 valence electrons. The molecule has 1 saturated heterocycles. The van der Waals surface area contributed by atoms with Crippen LogP contribution in [-0.4, -0.2) is 37.7 Å². The zero-order valence-corrected chi connectivity index (χ0v) is 10.6. The number of ether oxygens (including phenoxy) is 1. The van der Waals surface area contributed by atoms with E-state index in [0.29, 0.717) is 6.04 Å². The van der Waals surface area contributed by atoms with Crippen LogP contribution in [0.5, 0.6) is 5.75 Å². The largest absolute Gasteiger partial charge is 0.485 e. The smallest absolute Gasteiger partial charge is 0.125 e. The van der Waals surface area contributed by atoms with E-state index in [4.69, 9.17) is 4.74 Å². The Labute approximate surface area is 103 Å². The van der Waals surface area contributed by atoms with E-state index in [9.17, 15) is 0 Å². The number of nitrogens with zero attached hydrogens (tertiary/aromatic N) is 1. The Morgan fingerprint density at radius 2 is 2.18 bits per heavy atom. The van der Waals surface area contributed by atoms with Gasteiger partial charge in [0.2, 0.25) is 0 Å². The van der Waals surface area contributed by atoms with E-state index >= 15 is 0 Å². The van der Waals surface area contributed by atoms with E-state index in [1.54, 1.807) is 0 Å². The number of hydrogen-bond donors (Lipinski definition) is 1. The Hall–Kier alpha value is -1.06. The molecule has 0 saturated carbocycles. The second-order valence-corrected chi connectivity index (χ2v) is 5.43. The van der Waals surface area contributed by atoms with Gasteiger partial charge in [0.1, 0.15) is 11.4 Å². The van der Waals surface area contributed by atoms with E-state index in [2.05, 4.69) is 48.6 Å². The summed E-state index contributed by atoms with van der Waals surface area (Å²) in [5.41, 5.74) is 1.35. The second-order valence-electron chi connectivity index (χ2n) is 5.43. The molecule has 0 amide bonds. The van der Waals surface area contributed by atoms with Crippen LogP contribution in [-0.2, 0) is 0 Å². The molecule has 0 aliphatic carbocycles. The third kappa shape index (κ3) is 1.83. The quantitative estimate of drug-likeness (QED) is 0.799. The number of rotatable bonds is 1. The highest BCUT2D eigenvalue weighted by Gasteiger charge is 2.43. The molecule has 3 nitrogen and oxygen atoms in total. The summed E-state index contributed by atoms with van der Waals surface area (Å²) in [6.07, 6.45) is 2.20. The fourth-order valence-electron chi connectivity index (χ4n) is 3.03. The summed E-state index contributed by atoms with van der Waals surface area (Å²) in [6, 6.07) is 8.93. The van der Waals surface area contributed by atoms with Crippen LogP contribution < -0.4 is 10.1 Å². The average molecular weight is 232 g/mol. The van der Waals surface area contributed by atoms with Gasteiger partial charge in [-0.3, -0.25) is 0 Å². The number of benzene rings is 1. The topological polar surface area (TPSA) is 24.5 Å². The van der Waals surface area contributed by atoms with Crippen molar-refractivity contribution in [3.05, 3.63) is 29.8 Å². The summed E-state index contributed by atoms with van der Waals surface area (Å²) in [5, 5.41) is 3.43. The van der Waals surface area contributed by atoms with Crippen LogP contribution in [0.4, 0.5) is 0 Å². The Balaban J connectivity index is 2.00. The van der Waals surface area contributed by atoms with Crippen molar-refractivity contribution in [1.82, 2.24) is 10.2 Å². The van der Waals surface area contributed by atoms with Gasteiger partial charge in [0, 0.05) is 31.0 Å². The first kappa shape index (κ1) is 11.1. The molecule has 1 N–H and O–H groups in total. The minimum absolute atomic E-state index is 0.0172. The highest BCUT2D eigenvalue weighted by atomic mass is 16.5. The zero-order valence-electron chi connectivity index (χ0n) is 10.6. The van der Waals surface area contributed by atoms with Crippen molar-refractivity contribution >= 4 is 0 Å². The van der Waals surface area contributed by atoms with Crippen molar-refractivity contribution < 1.29 is 4.74 Å². The molecule has 2 aliphatic heterocycles. The minimum Gasteiger partial charge on any atom is -0.485 e. The molecular weight excluding hydrogens is 212 g/mol. The predicted octanol–water partition coefficient (Wildman–Crippen LogP) is 1.80. The van der Waals surface area contributed by atoms with Gasteiger partial charge in [-0.15, -0.1) is 0 Å². The molecule has 0 aromatic heterocycles. The number of para-hydroxylation sites is 1. The lowest BCUT2D eigenvalue weighted by molar-refractivity contribution is 0.0289. The van der Waals surface area contributed by atoms with Gasteiger partial charge in [-0.2, -0.15) is 0 Å². The molecule has 2 aliphatic rings. The van der Waals surface area contributed by atoms with Crippen LogP contribution in [0, 0.1) is 0 Å². The molecule has 17 heavy (non-hydrogen) atoms. The number of nitrogens with one attached hydrogen (secondary N) is 1. The van der Waals surface area contributed by atoms with Gasteiger partial charge in [0.05, 0.1) is 0 Å². The van der Waals surface area contributed by atoms with Gasteiger partial charge < -0.3 is 15.0 Å². The molecule has 1 aromatic carbocycles. The first-order chi connectivity index (χ1) is 8.20. The van der Waals surface area contributed by atoms with Crippen LogP contribution in [0.2, 0.25) is 0 Å². The minimum atomic E-state index is 0.0172. The highest BCUT2D eigenvalue weighted by Crippen LogP contribution is 2.43. The number of hydrogen-bond acceptors (Lipinski definition) is 3. The summed E-state index contributed by atoms with van der Waals surface area (Å²) in [6.45, 7) is 2.05. The summed E-state index contributed by atoms with van der Waals surface area (Å²) >= 11 is 0. The van der Waals surface area contributed by atoms with Gasteiger partial charge in [-0.05, 0) is 26.7 Å². The zero-order chi connectivity index (χ0) is 11.9. The fraction of sp³-hybridized carbons (Fsp3) is 0.571. The second kappa shape index (κ2) is 4.00. The van der Waals surface area contributed by atoms with Crippen molar-refractivity contribution in [2.75, 3.05) is 27.2 Å². The SMILES string of the molecule is CN(C)C1CC2(CCNC2)Oc2ccccc21. The van der Waals surface area contributed by atoms with Crippen molar-refractivity contribution in [3.63, 3.8) is 0 Å². The van der Waals surface area contributed by atoms with E-state index in [1.807, 2.05) is 0 Å². The first-order valence-electron chi connectivity index (χ1n) is 6.35. The highest BCUT2D eigenvalue weighted by molar-refractivity contribution is 5.39. The van der Waals surface area contributed by atoms with Crippen molar-refractivity contribution in [2.24, 2.45) is 0 Å². The summed E-state index contributed by atoms with van der Waals surface area (Å²) in [5.74, 6) is 1.07. The molecule has 3 heteroatoms. The lowest BCUT2D eigenvalue weighted by Gasteiger charge is -2.41. The molecule has 0 radical (unpaired) electrons. The molecule has 1 fully saturated rings. The van der Waals surface area contributed by atoms with Gasteiger partial charge in [-0.1, -0.05) is 18.2 Å². The molecule has 2 unspecified atom stereocenters. The van der Waals surface area contributed by atoms with Crippen molar-refractivity contribution in [3.8, 4) is 5.75 Å². The van der Waals surface area contributed by atoms with E-state index < -0.39 is 0 Å². The van der Waals surface area contributed by atoms with E-state index in [0.717, 1.165) is 31.7 Å². The summed E-state index contributed by atoms with van der Waals surface area (Å²) < 4.78 is 6.27. The van der Waals surface area contributed by atoms with Gasteiger partial charge in [0.15, 0.2) is 0 Å². The normalized spacial score (nSPS) is 31.6. The monoisotopic (exact) mass is 232 g/mol. The average Bonchev–Trinajstić information content (AvgIpc) is 2.76. The van der Waals surface area contributed by atoms with Gasteiger partial charge in [0.25, 0.3) is 0 Å². The van der Waals surface area contributed by atoms with Gasteiger partial charge >= 0.3 is 0 Å².